The lowest BCUT2D eigenvalue weighted by atomic mass is 10.0. The summed E-state index contributed by atoms with van der Waals surface area (Å²) in [5.74, 6) is -0.325. The molecule has 18 heavy (non-hydrogen) atoms. The molecule has 1 saturated heterocycles. The van der Waals surface area contributed by atoms with E-state index in [-0.39, 0.29) is 5.91 Å². The molecule has 0 spiro atoms. The van der Waals surface area contributed by atoms with Crippen LogP contribution < -0.4 is 5.32 Å². The zero-order chi connectivity index (χ0) is 13.1. The number of hydrogen-bond acceptors (Lipinski definition) is 3. The molecule has 6 heteroatoms. The van der Waals surface area contributed by atoms with Gasteiger partial charge in [-0.1, -0.05) is 6.07 Å². The quantitative estimate of drug-likeness (QED) is 0.843. The van der Waals surface area contributed by atoms with Crippen LogP contribution in [0.4, 0.5) is 4.39 Å². The highest BCUT2D eigenvalue weighted by Gasteiger charge is 2.29. The standard InChI is InChI=1S/C12H15BrFN3O/c1-17-6-5-9(8(14)7-17)16-12(18)10-3-2-4-11(13)15-10/h2-4,8-9H,5-7H2,1H3,(H,16,18)/t8-,9-/m1/s1. The van der Waals surface area contributed by atoms with E-state index in [1.165, 1.54) is 0 Å². The normalized spacial score (nSPS) is 24.8. The number of hydrogen-bond donors (Lipinski definition) is 1. The molecule has 1 N–H and O–H groups in total. The first-order valence-corrected chi connectivity index (χ1v) is 6.61. The summed E-state index contributed by atoms with van der Waals surface area (Å²) in [5, 5.41) is 2.71. The van der Waals surface area contributed by atoms with Gasteiger partial charge < -0.3 is 10.2 Å². The van der Waals surface area contributed by atoms with Crippen molar-refractivity contribution < 1.29 is 9.18 Å². The lowest BCUT2D eigenvalue weighted by molar-refractivity contribution is 0.0817. The van der Waals surface area contributed by atoms with Crippen molar-refractivity contribution >= 4 is 21.8 Å². The predicted octanol–water partition coefficient (Wildman–Crippen LogP) is 1.62. The summed E-state index contributed by atoms with van der Waals surface area (Å²) in [6, 6.07) is 4.66. The van der Waals surface area contributed by atoms with Crippen LogP contribution in [0.2, 0.25) is 0 Å². The number of alkyl halides is 1. The molecule has 1 fully saturated rings. The van der Waals surface area contributed by atoms with E-state index < -0.39 is 12.2 Å². The summed E-state index contributed by atoms with van der Waals surface area (Å²) in [6.45, 7) is 1.15. The minimum absolute atomic E-state index is 0.301. The van der Waals surface area contributed by atoms with Gasteiger partial charge in [-0.3, -0.25) is 4.79 Å². The Morgan fingerprint density at radius 2 is 2.39 bits per heavy atom. The van der Waals surface area contributed by atoms with Gasteiger partial charge in [0.25, 0.3) is 5.91 Å². The van der Waals surface area contributed by atoms with Gasteiger partial charge in [-0.15, -0.1) is 0 Å². The second kappa shape index (κ2) is 5.75. The van der Waals surface area contributed by atoms with Crippen molar-refractivity contribution in [3.05, 3.63) is 28.5 Å². The van der Waals surface area contributed by atoms with E-state index in [9.17, 15) is 9.18 Å². The number of rotatable bonds is 2. The topological polar surface area (TPSA) is 45.2 Å². The van der Waals surface area contributed by atoms with Crippen LogP contribution in [0.25, 0.3) is 0 Å². The Kier molecular flexibility index (Phi) is 4.29. The lowest BCUT2D eigenvalue weighted by Crippen LogP contribution is -2.51. The van der Waals surface area contributed by atoms with Gasteiger partial charge in [0.1, 0.15) is 16.5 Å². The van der Waals surface area contributed by atoms with Gasteiger partial charge in [-0.05, 0) is 41.5 Å². The SMILES string of the molecule is CN1CC[C@@H](NC(=O)c2cccc(Br)n2)[C@H](F)C1. The Hall–Kier alpha value is -1.01. The lowest BCUT2D eigenvalue weighted by Gasteiger charge is -2.32. The van der Waals surface area contributed by atoms with Crippen LogP contribution in [0, 0.1) is 0 Å². The smallest absolute Gasteiger partial charge is 0.270 e. The molecule has 0 radical (unpaired) electrons. The van der Waals surface area contributed by atoms with E-state index in [1.807, 2.05) is 11.9 Å². The van der Waals surface area contributed by atoms with Gasteiger partial charge in [-0.2, -0.15) is 0 Å². The molecule has 0 saturated carbocycles. The molecule has 1 aromatic heterocycles. The maximum Gasteiger partial charge on any atom is 0.270 e. The summed E-state index contributed by atoms with van der Waals surface area (Å²) in [6.07, 6.45) is -0.405. The van der Waals surface area contributed by atoms with Crippen LogP contribution in [0.1, 0.15) is 16.9 Å². The van der Waals surface area contributed by atoms with E-state index >= 15 is 0 Å². The Morgan fingerprint density at radius 3 is 3.06 bits per heavy atom. The van der Waals surface area contributed by atoms with Gasteiger partial charge >= 0.3 is 0 Å². The van der Waals surface area contributed by atoms with Crippen molar-refractivity contribution in [1.82, 2.24) is 15.2 Å². The van der Waals surface area contributed by atoms with E-state index in [0.717, 1.165) is 6.54 Å². The molecular weight excluding hydrogens is 301 g/mol. The second-order valence-corrected chi connectivity index (χ2v) is 5.30. The molecule has 4 nitrogen and oxygen atoms in total. The second-order valence-electron chi connectivity index (χ2n) is 4.49. The average Bonchev–Trinajstić information content (AvgIpc) is 2.32. The molecule has 1 aliphatic rings. The van der Waals surface area contributed by atoms with Gasteiger partial charge in [-0.25, -0.2) is 9.37 Å². The van der Waals surface area contributed by atoms with Gasteiger partial charge in [0.05, 0.1) is 6.04 Å². The van der Waals surface area contributed by atoms with E-state index in [4.69, 9.17) is 0 Å². The number of piperidine rings is 1. The molecule has 2 atom stereocenters. The molecular formula is C12H15BrFN3O. The third-order valence-corrected chi connectivity index (χ3v) is 3.45. The fourth-order valence-corrected chi connectivity index (χ4v) is 2.34. The van der Waals surface area contributed by atoms with Gasteiger partial charge in [0.2, 0.25) is 0 Å². The molecule has 0 unspecified atom stereocenters. The van der Waals surface area contributed by atoms with Crippen LogP contribution in [0.5, 0.6) is 0 Å². The summed E-state index contributed by atoms with van der Waals surface area (Å²) >= 11 is 3.20. The third-order valence-electron chi connectivity index (χ3n) is 3.01. The number of nitrogens with one attached hydrogen (secondary N) is 1. The van der Waals surface area contributed by atoms with Crippen LogP contribution in [0.3, 0.4) is 0 Å². The van der Waals surface area contributed by atoms with Crippen LogP contribution in [-0.2, 0) is 0 Å². The Bertz CT molecular complexity index is 443. The van der Waals surface area contributed by atoms with Crippen LogP contribution in [-0.4, -0.2) is 48.1 Å². The maximum absolute atomic E-state index is 13.8. The Morgan fingerprint density at radius 1 is 1.61 bits per heavy atom. The number of amides is 1. The van der Waals surface area contributed by atoms with Crippen molar-refractivity contribution in [2.75, 3.05) is 20.1 Å². The highest BCUT2D eigenvalue weighted by atomic mass is 79.9. The van der Waals surface area contributed by atoms with Crippen molar-refractivity contribution in [1.29, 1.82) is 0 Å². The van der Waals surface area contributed by atoms with Crippen LogP contribution in [0.15, 0.2) is 22.8 Å². The van der Waals surface area contributed by atoms with Gasteiger partial charge in [0, 0.05) is 13.1 Å². The first-order chi connectivity index (χ1) is 8.56. The van der Waals surface area contributed by atoms with Crippen molar-refractivity contribution in [2.45, 2.75) is 18.6 Å². The minimum Gasteiger partial charge on any atom is -0.345 e. The monoisotopic (exact) mass is 315 g/mol. The number of carbonyl (C=O) groups is 1. The first kappa shape index (κ1) is 13.4. The molecule has 0 aliphatic carbocycles. The first-order valence-electron chi connectivity index (χ1n) is 5.82. The molecule has 2 heterocycles. The number of likely N-dealkylation sites (tertiary alicyclic amines) is 1. The summed E-state index contributed by atoms with van der Waals surface area (Å²) in [4.78, 5) is 17.9. The number of aromatic nitrogens is 1. The van der Waals surface area contributed by atoms with Crippen LogP contribution >= 0.6 is 15.9 Å². The highest BCUT2D eigenvalue weighted by molar-refractivity contribution is 9.10. The Labute approximate surface area is 114 Å². The Balaban J connectivity index is 1.99. The largest absolute Gasteiger partial charge is 0.345 e. The van der Waals surface area contributed by atoms with E-state index in [2.05, 4.69) is 26.2 Å². The number of pyridine rings is 1. The molecule has 2 rings (SSSR count). The maximum atomic E-state index is 13.8. The van der Waals surface area contributed by atoms with Gasteiger partial charge in [0.15, 0.2) is 0 Å². The van der Waals surface area contributed by atoms with Crippen molar-refractivity contribution in [2.24, 2.45) is 0 Å². The highest BCUT2D eigenvalue weighted by Crippen LogP contribution is 2.13. The molecule has 1 aromatic rings. The molecule has 1 aliphatic heterocycles. The summed E-state index contributed by atoms with van der Waals surface area (Å²) in [7, 11) is 1.88. The number of halogens is 2. The van der Waals surface area contributed by atoms with E-state index in [0.29, 0.717) is 23.3 Å². The zero-order valence-electron chi connectivity index (χ0n) is 10.1. The minimum atomic E-state index is -1.03. The molecule has 98 valence electrons. The van der Waals surface area contributed by atoms with E-state index in [1.54, 1.807) is 18.2 Å². The number of carbonyl (C=O) groups excluding carboxylic acids is 1. The fraction of sp³-hybridized carbons (Fsp3) is 0.500. The zero-order valence-corrected chi connectivity index (χ0v) is 11.7. The van der Waals surface area contributed by atoms with Crippen molar-refractivity contribution in [3.8, 4) is 0 Å². The molecule has 1 amide bonds. The third kappa shape index (κ3) is 3.26. The summed E-state index contributed by atoms with van der Waals surface area (Å²) in [5.41, 5.74) is 0.301. The molecule has 0 bridgehead atoms. The molecule has 0 aromatic carbocycles. The summed E-state index contributed by atoms with van der Waals surface area (Å²) < 4.78 is 14.4. The van der Waals surface area contributed by atoms with Crippen molar-refractivity contribution in [3.63, 3.8) is 0 Å². The fourth-order valence-electron chi connectivity index (χ4n) is 2.00. The predicted molar refractivity (Wildman–Crippen MR) is 70.2 cm³/mol. The average molecular weight is 316 g/mol. The number of nitrogens with zero attached hydrogens (tertiary/aromatic N) is 2.